The third-order valence-electron chi connectivity index (χ3n) is 3.85. The Hall–Kier alpha value is -0.570. The molecule has 1 atom stereocenters. The number of unbranched alkanes of at least 4 members (excludes halogenated alkanes) is 9. The van der Waals surface area contributed by atoms with Crippen molar-refractivity contribution in [1.82, 2.24) is 0 Å². The summed E-state index contributed by atoms with van der Waals surface area (Å²) in [7, 11) is 0. The van der Waals surface area contributed by atoms with Crippen LogP contribution < -0.4 is 5.73 Å². The molecule has 0 aliphatic heterocycles. The first-order valence-electron chi connectivity index (χ1n) is 8.63. The minimum absolute atomic E-state index is 0.188. The lowest BCUT2D eigenvalue weighted by Gasteiger charge is -2.09. The Balaban J connectivity index is 3.15. The molecule has 0 rings (SSSR count). The summed E-state index contributed by atoms with van der Waals surface area (Å²) in [5.41, 5.74) is 5.07. The first-order chi connectivity index (χ1) is 9.66. The molecule has 0 bridgehead atoms. The van der Waals surface area contributed by atoms with Gasteiger partial charge >= 0.3 is 0 Å². The van der Waals surface area contributed by atoms with Crippen molar-refractivity contribution in [3.63, 3.8) is 0 Å². The fraction of sp³-hybridized carbons (Fsp3) is 0.941. The predicted molar refractivity (Wildman–Crippen MR) is 85.5 cm³/mol. The molecular formula is C17H35NO2. The number of nitrogens with two attached hydrogens (primary N) is 1. The maximum Gasteiger partial charge on any atom is 0.217 e. The van der Waals surface area contributed by atoms with Crippen LogP contribution in [-0.2, 0) is 4.79 Å². The third-order valence-corrected chi connectivity index (χ3v) is 3.85. The average molecular weight is 285 g/mol. The Morgan fingerprint density at radius 2 is 1.30 bits per heavy atom. The van der Waals surface area contributed by atoms with Crippen molar-refractivity contribution in [2.45, 2.75) is 103 Å². The number of aliphatic hydroxyl groups excluding tert-OH is 1. The summed E-state index contributed by atoms with van der Waals surface area (Å²) in [6, 6.07) is 0. The summed E-state index contributed by atoms with van der Waals surface area (Å²) in [5.74, 6) is -0.238. The first-order valence-corrected chi connectivity index (χ1v) is 8.63. The minimum atomic E-state index is -0.238. The highest BCUT2D eigenvalue weighted by atomic mass is 16.3. The molecule has 0 aromatic heterocycles. The highest BCUT2D eigenvalue weighted by molar-refractivity contribution is 5.73. The Kier molecular flexibility index (Phi) is 14.4. The maximum atomic E-state index is 10.6. The third kappa shape index (κ3) is 15.5. The van der Waals surface area contributed by atoms with E-state index in [9.17, 15) is 9.90 Å². The van der Waals surface area contributed by atoms with Gasteiger partial charge in [0.1, 0.15) is 0 Å². The van der Waals surface area contributed by atoms with Gasteiger partial charge in [-0.05, 0) is 19.3 Å². The van der Waals surface area contributed by atoms with Crippen LogP contribution in [-0.4, -0.2) is 17.1 Å². The lowest BCUT2D eigenvalue weighted by molar-refractivity contribution is -0.118. The van der Waals surface area contributed by atoms with Crippen molar-refractivity contribution in [2.75, 3.05) is 0 Å². The first kappa shape index (κ1) is 19.4. The molecular weight excluding hydrogens is 250 g/mol. The van der Waals surface area contributed by atoms with Gasteiger partial charge in [0, 0.05) is 6.42 Å². The zero-order valence-electron chi connectivity index (χ0n) is 13.4. The van der Waals surface area contributed by atoms with E-state index >= 15 is 0 Å². The van der Waals surface area contributed by atoms with Gasteiger partial charge in [-0.15, -0.1) is 0 Å². The van der Waals surface area contributed by atoms with Gasteiger partial charge in [-0.25, -0.2) is 0 Å². The van der Waals surface area contributed by atoms with Gasteiger partial charge in [-0.3, -0.25) is 4.79 Å². The zero-order valence-corrected chi connectivity index (χ0v) is 13.4. The Labute approximate surface area is 125 Å². The van der Waals surface area contributed by atoms with Crippen LogP contribution in [0.5, 0.6) is 0 Å². The van der Waals surface area contributed by atoms with Crippen LogP contribution in [0.4, 0.5) is 0 Å². The Morgan fingerprint density at radius 3 is 1.80 bits per heavy atom. The van der Waals surface area contributed by atoms with E-state index in [0.29, 0.717) is 6.42 Å². The van der Waals surface area contributed by atoms with Crippen LogP contribution in [0.1, 0.15) is 96.8 Å². The molecule has 120 valence electrons. The zero-order chi connectivity index (χ0) is 15.1. The van der Waals surface area contributed by atoms with Crippen LogP contribution >= 0.6 is 0 Å². The van der Waals surface area contributed by atoms with E-state index in [-0.39, 0.29) is 12.0 Å². The van der Waals surface area contributed by atoms with E-state index in [1.165, 1.54) is 51.4 Å². The van der Waals surface area contributed by atoms with Crippen molar-refractivity contribution in [3.05, 3.63) is 0 Å². The molecule has 3 heteroatoms. The molecule has 0 heterocycles. The lowest BCUT2D eigenvalue weighted by Crippen LogP contribution is -2.11. The van der Waals surface area contributed by atoms with Crippen LogP contribution in [0.3, 0.4) is 0 Å². The topological polar surface area (TPSA) is 63.3 Å². The molecule has 0 aromatic carbocycles. The number of carbonyl (C=O) groups excluding carboxylic acids is 1. The second kappa shape index (κ2) is 14.8. The number of hydrogen-bond acceptors (Lipinski definition) is 2. The molecule has 0 aliphatic rings. The molecule has 0 saturated carbocycles. The number of amides is 1. The average Bonchev–Trinajstić information content (AvgIpc) is 2.41. The molecule has 1 amide bonds. The largest absolute Gasteiger partial charge is 0.393 e. The van der Waals surface area contributed by atoms with Crippen molar-refractivity contribution in [2.24, 2.45) is 5.73 Å². The summed E-state index contributed by atoms with van der Waals surface area (Å²) < 4.78 is 0. The standard InChI is InChI=1S/C17H35NO2/c1-2-3-4-5-6-7-8-9-10-13-16(19)14-11-12-15-17(18)20/h16,19H,2-15H2,1H3,(H2,18,20). The highest BCUT2D eigenvalue weighted by Crippen LogP contribution is 2.13. The second-order valence-corrected chi connectivity index (χ2v) is 5.98. The van der Waals surface area contributed by atoms with Crippen molar-refractivity contribution < 1.29 is 9.90 Å². The van der Waals surface area contributed by atoms with E-state index in [0.717, 1.165) is 32.1 Å². The molecule has 3 nitrogen and oxygen atoms in total. The van der Waals surface area contributed by atoms with Gasteiger partial charge in [-0.2, -0.15) is 0 Å². The van der Waals surface area contributed by atoms with E-state index in [1.807, 2.05) is 0 Å². The second-order valence-electron chi connectivity index (χ2n) is 5.98. The fourth-order valence-corrected chi connectivity index (χ4v) is 2.51. The number of hydrogen-bond donors (Lipinski definition) is 2. The van der Waals surface area contributed by atoms with Gasteiger partial charge in [0.2, 0.25) is 5.91 Å². The molecule has 0 aliphatic carbocycles. The van der Waals surface area contributed by atoms with Crippen molar-refractivity contribution in [3.8, 4) is 0 Å². The smallest absolute Gasteiger partial charge is 0.217 e. The Morgan fingerprint density at radius 1 is 0.850 bits per heavy atom. The summed E-state index contributed by atoms with van der Waals surface area (Å²) in [5, 5.41) is 9.80. The summed E-state index contributed by atoms with van der Waals surface area (Å²) >= 11 is 0. The van der Waals surface area contributed by atoms with Crippen LogP contribution in [0.2, 0.25) is 0 Å². The number of primary amides is 1. The van der Waals surface area contributed by atoms with E-state index in [4.69, 9.17) is 5.73 Å². The van der Waals surface area contributed by atoms with Gasteiger partial charge in [-0.1, -0.05) is 71.1 Å². The molecule has 0 radical (unpaired) electrons. The molecule has 3 N–H and O–H groups in total. The lowest BCUT2D eigenvalue weighted by atomic mass is 10.0. The Bertz CT molecular complexity index is 219. The monoisotopic (exact) mass is 285 g/mol. The predicted octanol–water partition coefficient (Wildman–Crippen LogP) is 4.31. The van der Waals surface area contributed by atoms with Crippen LogP contribution in [0, 0.1) is 0 Å². The normalized spacial score (nSPS) is 12.5. The van der Waals surface area contributed by atoms with Crippen molar-refractivity contribution >= 4 is 5.91 Å². The quantitative estimate of drug-likeness (QED) is 0.440. The van der Waals surface area contributed by atoms with Gasteiger partial charge in [0.15, 0.2) is 0 Å². The van der Waals surface area contributed by atoms with Crippen LogP contribution in [0.25, 0.3) is 0 Å². The summed E-state index contributed by atoms with van der Waals surface area (Å²) in [6.07, 6.45) is 15.6. The number of carbonyl (C=O) groups is 1. The summed E-state index contributed by atoms with van der Waals surface area (Å²) in [6.45, 7) is 2.25. The van der Waals surface area contributed by atoms with E-state index in [1.54, 1.807) is 0 Å². The highest BCUT2D eigenvalue weighted by Gasteiger charge is 2.04. The maximum absolute atomic E-state index is 10.6. The number of rotatable bonds is 15. The van der Waals surface area contributed by atoms with E-state index in [2.05, 4.69) is 6.92 Å². The molecule has 0 fully saturated rings. The molecule has 0 spiro atoms. The molecule has 0 saturated heterocycles. The van der Waals surface area contributed by atoms with Gasteiger partial charge < -0.3 is 10.8 Å². The van der Waals surface area contributed by atoms with E-state index < -0.39 is 0 Å². The number of aliphatic hydroxyl groups is 1. The van der Waals surface area contributed by atoms with Crippen LogP contribution in [0.15, 0.2) is 0 Å². The fourth-order valence-electron chi connectivity index (χ4n) is 2.51. The summed E-state index contributed by atoms with van der Waals surface area (Å²) in [4.78, 5) is 10.6. The van der Waals surface area contributed by atoms with Gasteiger partial charge in [0.05, 0.1) is 6.10 Å². The minimum Gasteiger partial charge on any atom is -0.393 e. The SMILES string of the molecule is CCCCCCCCCCCC(O)CCCCC(N)=O. The molecule has 1 unspecified atom stereocenters. The van der Waals surface area contributed by atoms with Gasteiger partial charge in [0.25, 0.3) is 0 Å². The van der Waals surface area contributed by atoms with Crippen molar-refractivity contribution in [1.29, 1.82) is 0 Å². The molecule has 0 aromatic rings. The molecule has 20 heavy (non-hydrogen) atoms.